The molecule has 22 heavy (non-hydrogen) atoms. The van der Waals surface area contributed by atoms with Gasteiger partial charge in [0, 0.05) is 24.3 Å². The van der Waals surface area contributed by atoms with Gasteiger partial charge in [-0.2, -0.15) is 0 Å². The van der Waals surface area contributed by atoms with Crippen LogP contribution in [0.5, 0.6) is 23.0 Å². The maximum absolute atomic E-state index is 10.0. The molecule has 0 unspecified atom stereocenters. The highest BCUT2D eigenvalue weighted by Crippen LogP contribution is 2.34. The fourth-order valence-electron chi connectivity index (χ4n) is 2.18. The lowest BCUT2D eigenvalue weighted by atomic mass is 10.2. The summed E-state index contributed by atoms with van der Waals surface area (Å²) >= 11 is 0. The molecule has 2 aromatic rings. The van der Waals surface area contributed by atoms with Crippen molar-refractivity contribution in [1.82, 2.24) is 0 Å². The Kier molecular flexibility index (Phi) is 4.14. The van der Waals surface area contributed by atoms with E-state index in [1.807, 2.05) is 18.2 Å². The lowest BCUT2D eigenvalue weighted by Crippen LogP contribution is -1.97. The summed E-state index contributed by atoms with van der Waals surface area (Å²) in [6.45, 7) is 1.30. The van der Waals surface area contributed by atoms with Gasteiger partial charge in [-0.1, -0.05) is 6.07 Å². The predicted molar refractivity (Wildman–Crippen MR) is 84.0 cm³/mol. The number of aromatic hydroxyl groups is 1. The summed E-state index contributed by atoms with van der Waals surface area (Å²) in [4.78, 5) is 4.38. The number of nitrogens with zero attached hydrogens (tertiary/aromatic N) is 1. The van der Waals surface area contributed by atoms with Gasteiger partial charge in [-0.3, -0.25) is 4.99 Å². The Bertz CT molecular complexity index is 697. The van der Waals surface area contributed by atoms with Crippen LogP contribution in [0.3, 0.4) is 0 Å². The van der Waals surface area contributed by atoms with Crippen molar-refractivity contribution in [1.29, 1.82) is 0 Å². The Balaban J connectivity index is 1.85. The molecule has 5 heteroatoms. The van der Waals surface area contributed by atoms with E-state index in [0.29, 0.717) is 30.3 Å². The molecule has 0 fully saturated rings. The third-order valence-electron chi connectivity index (χ3n) is 3.33. The molecular weight excluding hydrogens is 282 g/mol. The molecule has 0 atom stereocenters. The Morgan fingerprint density at radius 1 is 1.14 bits per heavy atom. The summed E-state index contributed by atoms with van der Waals surface area (Å²) < 4.78 is 16.3. The molecule has 114 valence electrons. The van der Waals surface area contributed by atoms with Crippen LogP contribution in [0.1, 0.15) is 12.0 Å². The average molecular weight is 299 g/mol. The van der Waals surface area contributed by atoms with Crippen molar-refractivity contribution >= 4 is 11.9 Å². The van der Waals surface area contributed by atoms with Crippen LogP contribution in [0.2, 0.25) is 0 Å². The normalized spacial score (nSPS) is 13.9. The zero-order valence-electron chi connectivity index (χ0n) is 12.3. The summed E-state index contributed by atoms with van der Waals surface area (Å²) in [5, 5.41) is 10.0. The van der Waals surface area contributed by atoms with E-state index in [1.54, 1.807) is 24.4 Å². The molecule has 0 aliphatic carbocycles. The number of benzene rings is 2. The number of phenolic OH excluding ortho intramolecular Hbond substituents is 1. The molecule has 0 saturated heterocycles. The number of ether oxygens (including phenoxy) is 3. The summed E-state index contributed by atoms with van der Waals surface area (Å²) in [7, 11) is 1.51. The molecule has 1 aliphatic rings. The first-order valence-electron chi connectivity index (χ1n) is 7.07. The highest BCUT2D eigenvalue weighted by molar-refractivity contribution is 5.86. The molecule has 1 N–H and O–H groups in total. The highest BCUT2D eigenvalue weighted by atomic mass is 16.5. The fourth-order valence-corrected chi connectivity index (χ4v) is 2.18. The van der Waals surface area contributed by atoms with Crippen molar-refractivity contribution in [2.24, 2.45) is 4.99 Å². The zero-order chi connectivity index (χ0) is 15.4. The van der Waals surface area contributed by atoms with E-state index in [4.69, 9.17) is 14.2 Å². The van der Waals surface area contributed by atoms with E-state index in [-0.39, 0.29) is 5.75 Å². The van der Waals surface area contributed by atoms with Crippen molar-refractivity contribution in [2.45, 2.75) is 6.42 Å². The lowest BCUT2D eigenvalue weighted by molar-refractivity contribution is 0.297. The molecule has 3 rings (SSSR count). The van der Waals surface area contributed by atoms with E-state index in [2.05, 4.69) is 4.99 Å². The van der Waals surface area contributed by atoms with Crippen LogP contribution in [-0.4, -0.2) is 31.6 Å². The fraction of sp³-hybridized carbons (Fsp3) is 0.235. The van der Waals surface area contributed by atoms with Gasteiger partial charge in [0.2, 0.25) is 0 Å². The minimum atomic E-state index is 0.0723. The standard InChI is InChI=1S/C17H17NO4/c1-20-15-5-2-4-12(17(15)19)11-18-13-6-7-14-16(10-13)22-9-3-8-21-14/h2,4-7,10-11,19H,3,8-9H2,1H3. The SMILES string of the molecule is COc1cccc(C=Nc2ccc3c(c2)OCCCO3)c1O. The van der Waals surface area contributed by atoms with Crippen molar-refractivity contribution in [2.75, 3.05) is 20.3 Å². The smallest absolute Gasteiger partial charge is 0.166 e. The summed E-state index contributed by atoms with van der Waals surface area (Å²) in [6.07, 6.45) is 2.46. The number of rotatable bonds is 3. The van der Waals surface area contributed by atoms with E-state index in [1.165, 1.54) is 7.11 Å². The van der Waals surface area contributed by atoms with Gasteiger partial charge in [0.05, 0.1) is 26.0 Å². The third-order valence-corrected chi connectivity index (χ3v) is 3.33. The molecular formula is C17H17NO4. The third kappa shape index (κ3) is 2.98. The van der Waals surface area contributed by atoms with Crippen molar-refractivity contribution in [3.8, 4) is 23.0 Å². The predicted octanol–water partition coefficient (Wildman–Crippen LogP) is 3.31. The number of methoxy groups -OCH3 is 1. The van der Waals surface area contributed by atoms with Gasteiger partial charge < -0.3 is 19.3 Å². The van der Waals surface area contributed by atoms with Crippen LogP contribution in [0.25, 0.3) is 0 Å². The first kappa shape index (κ1) is 14.3. The first-order chi connectivity index (χ1) is 10.8. The molecule has 1 aliphatic heterocycles. The Morgan fingerprint density at radius 2 is 1.95 bits per heavy atom. The molecule has 0 spiro atoms. The van der Waals surface area contributed by atoms with Crippen LogP contribution in [-0.2, 0) is 0 Å². The average Bonchev–Trinajstić information content (AvgIpc) is 2.78. The van der Waals surface area contributed by atoms with E-state index < -0.39 is 0 Å². The van der Waals surface area contributed by atoms with Crippen LogP contribution < -0.4 is 14.2 Å². The quantitative estimate of drug-likeness (QED) is 0.883. The van der Waals surface area contributed by atoms with Gasteiger partial charge in [0.1, 0.15) is 0 Å². The summed E-state index contributed by atoms with van der Waals surface area (Å²) in [5.41, 5.74) is 1.32. The van der Waals surface area contributed by atoms with E-state index in [0.717, 1.165) is 17.9 Å². The maximum atomic E-state index is 10.0. The number of hydrogen-bond donors (Lipinski definition) is 1. The molecule has 5 nitrogen and oxygen atoms in total. The van der Waals surface area contributed by atoms with Crippen LogP contribution >= 0.6 is 0 Å². The monoisotopic (exact) mass is 299 g/mol. The van der Waals surface area contributed by atoms with Gasteiger partial charge in [0.15, 0.2) is 23.0 Å². The minimum Gasteiger partial charge on any atom is -0.504 e. The number of fused-ring (bicyclic) bond motifs is 1. The van der Waals surface area contributed by atoms with E-state index in [9.17, 15) is 5.11 Å². The second-order valence-electron chi connectivity index (χ2n) is 4.84. The molecule has 0 radical (unpaired) electrons. The number of hydrogen-bond acceptors (Lipinski definition) is 5. The van der Waals surface area contributed by atoms with Crippen LogP contribution in [0, 0.1) is 0 Å². The Labute approximate surface area is 128 Å². The zero-order valence-corrected chi connectivity index (χ0v) is 12.3. The van der Waals surface area contributed by atoms with Gasteiger partial charge in [-0.15, -0.1) is 0 Å². The molecule has 0 bridgehead atoms. The molecule has 0 amide bonds. The van der Waals surface area contributed by atoms with Gasteiger partial charge >= 0.3 is 0 Å². The molecule has 2 aromatic carbocycles. The van der Waals surface area contributed by atoms with Crippen LogP contribution in [0.15, 0.2) is 41.4 Å². The van der Waals surface area contributed by atoms with Crippen molar-refractivity contribution < 1.29 is 19.3 Å². The number of aliphatic imine (C=N–C) groups is 1. The first-order valence-corrected chi connectivity index (χ1v) is 7.07. The largest absolute Gasteiger partial charge is 0.504 e. The summed E-state index contributed by atoms with van der Waals surface area (Å²) in [6, 6.07) is 10.8. The van der Waals surface area contributed by atoms with Crippen molar-refractivity contribution in [3.63, 3.8) is 0 Å². The Morgan fingerprint density at radius 3 is 2.77 bits per heavy atom. The number of phenols is 1. The summed E-state index contributed by atoms with van der Waals surface area (Å²) in [5.74, 6) is 1.92. The molecule has 0 saturated carbocycles. The topological polar surface area (TPSA) is 60.3 Å². The van der Waals surface area contributed by atoms with Crippen LogP contribution in [0.4, 0.5) is 5.69 Å². The minimum absolute atomic E-state index is 0.0723. The van der Waals surface area contributed by atoms with Gasteiger partial charge in [0.25, 0.3) is 0 Å². The molecule has 0 aromatic heterocycles. The highest BCUT2D eigenvalue weighted by Gasteiger charge is 2.10. The maximum Gasteiger partial charge on any atom is 0.166 e. The number of para-hydroxylation sites is 1. The second kappa shape index (κ2) is 6.39. The second-order valence-corrected chi connectivity index (χ2v) is 4.84. The molecule has 1 heterocycles. The lowest BCUT2D eigenvalue weighted by Gasteiger charge is -2.07. The van der Waals surface area contributed by atoms with Crippen molar-refractivity contribution in [3.05, 3.63) is 42.0 Å². The van der Waals surface area contributed by atoms with Gasteiger partial charge in [-0.25, -0.2) is 0 Å². The van der Waals surface area contributed by atoms with E-state index >= 15 is 0 Å². The van der Waals surface area contributed by atoms with Gasteiger partial charge in [-0.05, 0) is 24.3 Å². The Hall–Kier alpha value is -2.69.